The van der Waals surface area contributed by atoms with Gasteiger partial charge >= 0.3 is 0 Å². The molecule has 0 spiro atoms. The monoisotopic (exact) mass is 230 g/mol. The van der Waals surface area contributed by atoms with Crippen molar-refractivity contribution in [2.75, 3.05) is 33.4 Å². The molecule has 1 fully saturated rings. The van der Waals surface area contributed by atoms with Crippen LogP contribution in [0, 0.1) is 5.92 Å². The van der Waals surface area contributed by atoms with Crippen LogP contribution in [0.1, 0.15) is 25.7 Å². The molecule has 16 heavy (non-hydrogen) atoms. The van der Waals surface area contributed by atoms with E-state index in [1.165, 1.54) is 12.8 Å². The van der Waals surface area contributed by atoms with E-state index in [2.05, 4.69) is 10.8 Å². The van der Waals surface area contributed by atoms with Crippen LogP contribution in [-0.4, -0.2) is 39.3 Å². The van der Waals surface area contributed by atoms with E-state index in [0.717, 1.165) is 19.5 Å². The average molecular weight is 230 g/mol. The van der Waals surface area contributed by atoms with Crippen molar-refractivity contribution >= 4 is 5.91 Å². The lowest BCUT2D eigenvalue weighted by Crippen LogP contribution is -2.29. The first kappa shape index (κ1) is 13.4. The normalized spacial score (nSPS) is 17.3. The van der Waals surface area contributed by atoms with E-state index < -0.39 is 0 Å². The number of piperidine rings is 1. The van der Waals surface area contributed by atoms with Crippen molar-refractivity contribution in [1.82, 2.24) is 10.8 Å². The smallest absolute Gasteiger partial charge is 0.243 e. The summed E-state index contributed by atoms with van der Waals surface area (Å²) in [7, 11) is 1.60. The highest BCUT2D eigenvalue weighted by atomic mass is 16.7. The Hall–Kier alpha value is -0.650. The maximum Gasteiger partial charge on any atom is 0.243 e. The van der Waals surface area contributed by atoms with Crippen LogP contribution in [0.3, 0.4) is 0 Å². The molecule has 2 N–H and O–H groups in total. The van der Waals surface area contributed by atoms with Crippen molar-refractivity contribution in [3.63, 3.8) is 0 Å². The third-order valence-electron chi connectivity index (χ3n) is 2.81. The first-order valence-electron chi connectivity index (χ1n) is 5.93. The van der Waals surface area contributed by atoms with Crippen molar-refractivity contribution in [2.24, 2.45) is 5.92 Å². The SMILES string of the molecule is COCCONC(=O)CCC1CCNCC1. The van der Waals surface area contributed by atoms with E-state index in [-0.39, 0.29) is 5.91 Å². The fourth-order valence-electron chi connectivity index (χ4n) is 1.81. The summed E-state index contributed by atoms with van der Waals surface area (Å²) in [4.78, 5) is 16.3. The third kappa shape index (κ3) is 6.05. The second-order valence-electron chi connectivity index (χ2n) is 4.10. The van der Waals surface area contributed by atoms with Gasteiger partial charge in [0.1, 0.15) is 0 Å². The van der Waals surface area contributed by atoms with Gasteiger partial charge in [0.2, 0.25) is 5.91 Å². The Morgan fingerprint density at radius 2 is 2.12 bits per heavy atom. The van der Waals surface area contributed by atoms with Crippen LogP contribution >= 0.6 is 0 Å². The van der Waals surface area contributed by atoms with Gasteiger partial charge in [-0.05, 0) is 38.3 Å². The summed E-state index contributed by atoms with van der Waals surface area (Å²) in [5.74, 6) is 0.653. The van der Waals surface area contributed by atoms with Crippen molar-refractivity contribution in [3.05, 3.63) is 0 Å². The van der Waals surface area contributed by atoms with Crippen LogP contribution in [0.5, 0.6) is 0 Å². The van der Waals surface area contributed by atoms with Gasteiger partial charge < -0.3 is 10.1 Å². The molecule has 1 heterocycles. The fraction of sp³-hybridized carbons (Fsp3) is 0.909. The van der Waals surface area contributed by atoms with Crippen molar-refractivity contribution in [1.29, 1.82) is 0 Å². The predicted octanol–water partition coefficient (Wildman–Crippen LogP) is 0.460. The second kappa shape index (κ2) is 8.50. The van der Waals surface area contributed by atoms with Crippen LogP contribution in [0.2, 0.25) is 0 Å². The Kier molecular flexibility index (Phi) is 7.12. The quantitative estimate of drug-likeness (QED) is 0.493. The molecule has 0 atom stereocenters. The molecule has 0 aromatic rings. The van der Waals surface area contributed by atoms with Crippen LogP contribution in [0.15, 0.2) is 0 Å². The number of carbonyl (C=O) groups excluding carboxylic acids is 1. The van der Waals surface area contributed by atoms with Crippen LogP contribution in [-0.2, 0) is 14.4 Å². The van der Waals surface area contributed by atoms with E-state index in [1.807, 2.05) is 0 Å². The molecule has 0 unspecified atom stereocenters. The van der Waals surface area contributed by atoms with Crippen LogP contribution in [0.4, 0.5) is 0 Å². The van der Waals surface area contributed by atoms with Crippen molar-refractivity contribution in [2.45, 2.75) is 25.7 Å². The van der Waals surface area contributed by atoms with Gasteiger partial charge in [0.25, 0.3) is 0 Å². The van der Waals surface area contributed by atoms with E-state index in [9.17, 15) is 4.79 Å². The first-order chi connectivity index (χ1) is 7.83. The third-order valence-corrected chi connectivity index (χ3v) is 2.81. The molecule has 0 radical (unpaired) electrons. The molecule has 1 rings (SSSR count). The minimum atomic E-state index is -0.0327. The number of hydrogen-bond donors (Lipinski definition) is 2. The van der Waals surface area contributed by atoms with E-state index in [1.54, 1.807) is 7.11 Å². The number of rotatable bonds is 7. The summed E-state index contributed by atoms with van der Waals surface area (Å²) in [5, 5.41) is 3.31. The molecule has 1 aliphatic rings. The fourth-order valence-corrected chi connectivity index (χ4v) is 1.81. The van der Waals surface area contributed by atoms with Gasteiger partial charge in [-0.15, -0.1) is 0 Å². The highest BCUT2D eigenvalue weighted by molar-refractivity contribution is 5.74. The number of amides is 1. The summed E-state index contributed by atoms with van der Waals surface area (Å²) in [6, 6.07) is 0. The number of hydrogen-bond acceptors (Lipinski definition) is 4. The number of carbonyl (C=O) groups is 1. The average Bonchev–Trinajstić information content (AvgIpc) is 2.33. The standard InChI is InChI=1S/C11H22N2O3/c1-15-8-9-16-13-11(14)3-2-10-4-6-12-7-5-10/h10,12H,2-9H2,1H3,(H,13,14). The molecule has 0 aromatic carbocycles. The molecule has 5 heteroatoms. The van der Waals surface area contributed by atoms with Gasteiger partial charge in [0, 0.05) is 13.5 Å². The molecule has 0 bridgehead atoms. The lowest BCUT2D eigenvalue weighted by Gasteiger charge is -2.22. The Bertz CT molecular complexity index is 194. The summed E-state index contributed by atoms with van der Waals surface area (Å²) >= 11 is 0. The van der Waals surface area contributed by atoms with Gasteiger partial charge in [-0.1, -0.05) is 0 Å². The maximum absolute atomic E-state index is 11.4. The van der Waals surface area contributed by atoms with Crippen LogP contribution in [0.25, 0.3) is 0 Å². The summed E-state index contributed by atoms with van der Waals surface area (Å²) in [5.41, 5.74) is 2.42. The minimum Gasteiger partial charge on any atom is -0.382 e. The van der Waals surface area contributed by atoms with E-state index in [0.29, 0.717) is 25.6 Å². The zero-order valence-corrected chi connectivity index (χ0v) is 9.96. The number of methoxy groups -OCH3 is 1. The van der Waals surface area contributed by atoms with Gasteiger partial charge in [0.15, 0.2) is 0 Å². The number of nitrogens with one attached hydrogen (secondary N) is 2. The largest absolute Gasteiger partial charge is 0.382 e. The Labute approximate surface area is 96.8 Å². The molecule has 1 amide bonds. The Morgan fingerprint density at radius 3 is 2.81 bits per heavy atom. The topological polar surface area (TPSA) is 59.6 Å². The Balaban J connectivity index is 1.96. The zero-order chi connectivity index (χ0) is 11.6. The molecule has 1 aliphatic heterocycles. The first-order valence-corrected chi connectivity index (χ1v) is 5.93. The van der Waals surface area contributed by atoms with E-state index >= 15 is 0 Å². The highest BCUT2D eigenvalue weighted by Crippen LogP contribution is 2.17. The summed E-state index contributed by atoms with van der Waals surface area (Å²) < 4.78 is 4.80. The molecule has 0 aromatic heterocycles. The molecule has 1 saturated heterocycles. The minimum absolute atomic E-state index is 0.0327. The molecule has 94 valence electrons. The van der Waals surface area contributed by atoms with Gasteiger partial charge in [0.05, 0.1) is 13.2 Å². The zero-order valence-electron chi connectivity index (χ0n) is 9.96. The molecule has 5 nitrogen and oxygen atoms in total. The van der Waals surface area contributed by atoms with Crippen molar-refractivity contribution < 1.29 is 14.4 Å². The lowest BCUT2D eigenvalue weighted by molar-refractivity contribution is -0.134. The summed E-state index contributed by atoms with van der Waals surface area (Å²) in [6.45, 7) is 3.05. The van der Waals surface area contributed by atoms with Gasteiger partial charge in [-0.2, -0.15) is 0 Å². The predicted molar refractivity (Wildman–Crippen MR) is 60.8 cm³/mol. The Morgan fingerprint density at radius 1 is 1.38 bits per heavy atom. The molecule has 0 aliphatic carbocycles. The number of ether oxygens (including phenoxy) is 1. The molecule has 0 saturated carbocycles. The van der Waals surface area contributed by atoms with E-state index in [4.69, 9.17) is 9.57 Å². The maximum atomic E-state index is 11.4. The molecular weight excluding hydrogens is 208 g/mol. The number of hydroxylamine groups is 1. The van der Waals surface area contributed by atoms with Crippen molar-refractivity contribution in [3.8, 4) is 0 Å². The van der Waals surface area contributed by atoms with Gasteiger partial charge in [-0.3, -0.25) is 9.63 Å². The highest BCUT2D eigenvalue weighted by Gasteiger charge is 2.14. The second-order valence-corrected chi connectivity index (χ2v) is 4.10. The summed E-state index contributed by atoms with van der Waals surface area (Å²) in [6.07, 6.45) is 3.87. The lowest BCUT2D eigenvalue weighted by atomic mass is 9.93. The van der Waals surface area contributed by atoms with Crippen LogP contribution < -0.4 is 10.8 Å². The van der Waals surface area contributed by atoms with Gasteiger partial charge in [-0.25, -0.2) is 5.48 Å². The molecular formula is C11H22N2O3.